The van der Waals surface area contributed by atoms with E-state index >= 15 is 0 Å². The minimum Gasteiger partial charge on any atom is -0.497 e. The van der Waals surface area contributed by atoms with Crippen LogP contribution in [0.3, 0.4) is 0 Å². The van der Waals surface area contributed by atoms with E-state index in [1.807, 2.05) is 24.3 Å². The van der Waals surface area contributed by atoms with E-state index in [4.69, 9.17) is 14.2 Å². The molecule has 0 saturated heterocycles. The van der Waals surface area contributed by atoms with Gasteiger partial charge in [0.1, 0.15) is 17.2 Å². The van der Waals surface area contributed by atoms with Crippen LogP contribution in [-0.4, -0.2) is 26.7 Å². The lowest BCUT2D eigenvalue weighted by Crippen LogP contribution is -2.20. The molecule has 0 aliphatic carbocycles. The van der Waals surface area contributed by atoms with Gasteiger partial charge in [-0.1, -0.05) is 26.0 Å². The molecule has 128 valence electrons. The molecule has 0 bridgehead atoms. The van der Waals surface area contributed by atoms with Gasteiger partial charge < -0.3 is 19.5 Å². The summed E-state index contributed by atoms with van der Waals surface area (Å²) in [4.78, 5) is 12.0. The molecule has 0 aromatic heterocycles. The first-order valence-corrected chi connectivity index (χ1v) is 7.77. The highest BCUT2D eigenvalue weighted by atomic mass is 16.5. The first-order chi connectivity index (χ1) is 11.5. The molecule has 0 heterocycles. The average Bonchev–Trinajstić information content (AvgIpc) is 2.59. The van der Waals surface area contributed by atoms with E-state index in [-0.39, 0.29) is 12.5 Å². The Balaban J connectivity index is 1.93. The number of methoxy groups -OCH3 is 2. The van der Waals surface area contributed by atoms with Crippen molar-refractivity contribution in [2.24, 2.45) is 0 Å². The summed E-state index contributed by atoms with van der Waals surface area (Å²) < 4.78 is 15.9. The molecule has 0 saturated carbocycles. The number of nitrogens with one attached hydrogen (secondary N) is 1. The van der Waals surface area contributed by atoms with E-state index in [1.165, 1.54) is 5.56 Å². The van der Waals surface area contributed by atoms with Gasteiger partial charge in [-0.25, -0.2) is 0 Å². The molecular weight excluding hydrogens is 306 g/mol. The summed E-state index contributed by atoms with van der Waals surface area (Å²) in [6.45, 7) is 4.19. The number of amides is 1. The number of benzene rings is 2. The Morgan fingerprint density at radius 1 is 0.958 bits per heavy atom. The molecule has 0 spiro atoms. The standard InChI is InChI=1S/C19H23NO4/c1-13(2)14-5-7-16(8-6-14)24-12-19(21)20-15-9-17(22-3)11-18(10-15)23-4/h5-11,13H,12H2,1-4H3,(H,20,21). The van der Waals surface area contributed by atoms with Crippen LogP contribution in [0.5, 0.6) is 17.2 Å². The lowest BCUT2D eigenvalue weighted by atomic mass is 10.0. The van der Waals surface area contributed by atoms with Crippen LogP contribution in [-0.2, 0) is 4.79 Å². The lowest BCUT2D eigenvalue weighted by molar-refractivity contribution is -0.118. The van der Waals surface area contributed by atoms with Gasteiger partial charge in [0.25, 0.3) is 5.91 Å². The zero-order valence-electron chi connectivity index (χ0n) is 14.5. The van der Waals surface area contributed by atoms with Crippen LogP contribution in [0, 0.1) is 0 Å². The van der Waals surface area contributed by atoms with E-state index in [0.717, 1.165) is 0 Å². The number of carbonyl (C=O) groups is 1. The maximum Gasteiger partial charge on any atom is 0.262 e. The van der Waals surface area contributed by atoms with Gasteiger partial charge in [0, 0.05) is 23.9 Å². The number of hydrogen-bond acceptors (Lipinski definition) is 4. The van der Waals surface area contributed by atoms with Gasteiger partial charge in [0.05, 0.1) is 14.2 Å². The third-order valence-electron chi connectivity index (χ3n) is 3.55. The van der Waals surface area contributed by atoms with Crippen molar-refractivity contribution in [2.45, 2.75) is 19.8 Å². The predicted octanol–water partition coefficient (Wildman–Crippen LogP) is 3.84. The van der Waals surface area contributed by atoms with Crippen LogP contribution < -0.4 is 19.5 Å². The van der Waals surface area contributed by atoms with E-state index < -0.39 is 0 Å². The molecule has 5 heteroatoms. The van der Waals surface area contributed by atoms with Gasteiger partial charge in [-0.15, -0.1) is 0 Å². The first kappa shape index (κ1) is 17.7. The van der Waals surface area contributed by atoms with Crippen molar-refractivity contribution in [3.8, 4) is 17.2 Å². The van der Waals surface area contributed by atoms with Gasteiger partial charge in [-0.3, -0.25) is 4.79 Å². The van der Waals surface area contributed by atoms with Crippen LogP contribution >= 0.6 is 0 Å². The number of ether oxygens (including phenoxy) is 3. The molecule has 0 unspecified atom stereocenters. The van der Waals surface area contributed by atoms with E-state index in [2.05, 4.69) is 19.2 Å². The Bertz CT molecular complexity index is 658. The third-order valence-corrected chi connectivity index (χ3v) is 3.55. The van der Waals surface area contributed by atoms with Crippen molar-refractivity contribution in [1.29, 1.82) is 0 Å². The Morgan fingerprint density at radius 3 is 2.04 bits per heavy atom. The molecule has 0 aliphatic rings. The largest absolute Gasteiger partial charge is 0.497 e. The van der Waals surface area contributed by atoms with Crippen molar-refractivity contribution >= 4 is 11.6 Å². The van der Waals surface area contributed by atoms with Gasteiger partial charge >= 0.3 is 0 Å². The van der Waals surface area contributed by atoms with Crippen LogP contribution in [0.25, 0.3) is 0 Å². The third kappa shape index (κ3) is 4.91. The van der Waals surface area contributed by atoms with Crippen molar-refractivity contribution < 1.29 is 19.0 Å². The van der Waals surface area contributed by atoms with Gasteiger partial charge in [-0.2, -0.15) is 0 Å². The Labute approximate surface area is 142 Å². The summed E-state index contributed by atoms with van der Waals surface area (Å²) in [5.41, 5.74) is 1.82. The summed E-state index contributed by atoms with van der Waals surface area (Å²) in [5, 5.41) is 2.77. The molecule has 0 atom stereocenters. The molecule has 2 aromatic rings. The summed E-state index contributed by atoms with van der Waals surface area (Å²) >= 11 is 0. The number of anilines is 1. The highest BCUT2D eigenvalue weighted by Crippen LogP contribution is 2.25. The molecule has 2 rings (SSSR count). The molecule has 2 aromatic carbocycles. The molecule has 24 heavy (non-hydrogen) atoms. The smallest absolute Gasteiger partial charge is 0.262 e. The minimum atomic E-state index is -0.252. The fourth-order valence-corrected chi connectivity index (χ4v) is 2.17. The van der Waals surface area contributed by atoms with Gasteiger partial charge in [0.15, 0.2) is 6.61 Å². The zero-order valence-corrected chi connectivity index (χ0v) is 14.5. The van der Waals surface area contributed by atoms with Gasteiger partial charge in [0.2, 0.25) is 0 Å². The van der Waals surface area contributed by atoms with Crippen molar-refractivity contribution in [3.63, 3.8) is 0 Å². The molecule has 1 N–H and O–H groups in total. The SMILES string of the molecule is COc1cc(NC(=O)COc2ccc(C(C)C)cc2)cc(OC)c1. The number of carbonyl (C=O) groups excluding carboxylic acids is 1. The van der Waals surface area contributed by atoms with Crippen LogP contribution in [0.4, 0.5) is 5.69 Å². The zero-order chi connectivity index (χ0) is 17.5. The van der Waals surface area contributed by atoms with Crippen LogP contribution in [0.1, 0.15) is 25.3 Å². The maximum absolute atomic E-state index is 12.0. The highest BCUT2D eigenvalue weighted by Gasteiger charge is 2.07. The fourth-order valence-electron chi connectivity index (χ4n) is 2.17. The molecule has 0 aliphatic heterocycles. The Hall–Kier alpha value is -2.69. The minimum absolute atomic E-state index is 0.0689. The van der Waals surface area contributed by atoms with Crippen molar-refractivity contribution in [2.75, 3.05) is 26.1 Å². The quantitative estimate of drug-likeness (QED) is 0.838. The number of rotatable bonds is 7. The predicted molar refractivity (Wildman–Crippen MR) is 94.2 cm³/mol. The summed E-state index contributed by atoms with van der Waals surface area (Å²) in [6.07, 6.45) is 0. The summed E-state index contributed by atoms with van der Waals surface area (Å²) in [5.74, 6) is 2.09. The van der Waals surface area contributed by atoms with Crippen LogP contribution in [0.2, 0.25) is 0 Å². The summed E-state index contributed by atoms with van der Waals surface area (Å²) in [6, 6.07) is 12.9. The number of hydrogen-bond donors (Lipinski definition) is 1. The highest BCUT2D eigenvalue weighted by molar-refractivity contribution is 5.92. The summed E-state index contributed by atoms with van der Waals surface area (Å²) in [7, 11) is 3.12. The molecule has 0 radical (unpaired) electrons. The second-order valence-corrected chi connectivity index (χ2v) is 5.66. The Kier molecular flexibility index (Phi) is 6.07. The first-order valence-electron chi connectivity index (χ1n) is 7.77. The lowest BCUT2D eigenvalue weighted by Gasteiger charge is -2.11. The molecular formula is C19H23NO4. The molecule has 5 nitrogen and oxygen atoms in total. The van der Waals surface area contributed by atoms with E-state index in [0.29, 0.717) is 28.9 Å². The second kappa shape index (κ2) is 8.24. The Morgan fingerprint density at radius 2 is 1.54 bits per heavy atom. The van der Waals surface area contributed by atoms with E-state index in [9.17, 15) is 4.79 Å². The maximum atomic E-state index is 12.0. The monoisotopic (exact) mass is 329 g/mol. The van der Waals surface area contributed by atoms with Crippen molar-refractivity contribution in [3.05, 3.63) is 48.0 Å². The van der Waals surface area contributed by atoms with Crippen molar-refractivity contribution in [1.82, 2.24) is 0 Å². The molecule has 1 amide bonds. The van der Waals surface area contributed by atoms with E-state index in [1.54, 1.807) is 32.4 Å². The second-order valence-electron chi connectivity index (χ2n) is 5.66. The topological polar surface area (TPSA) is 56.8 Å². The van der Waals surface area contributed by atoms with Crippen LogP contribution in [0.15, 0.2) is 42.5 Å². The normalized spacial score (nSPS) is 10.4. The molecule has 0 fully saturated rings. The fraction of sp³-hybridized carbons (Fsp3) is 0.316. The average molecular weight is 329 g/mol. The van der Waals surface area contributed by atoms with Gasteiger partial charge in [-0.05, 0) is 23.6 Å².